The number of hydrogen-bond acceptors (Lipinski definition) is 2. The average Bonchev–Trinajstić information content (AvgIpc) is 2.75. The van der Waals surface area contributed by atoms with Crippen molar-refractivity contribution in [3.63, 3.8) is 0 Å². The molecule has 1 aromatic carbocycles. The minimum atomic E-state index is -0.241. The van der Waals surface area contributed by atoms with Crippen molar-refractivity contribution in [2.45, 2.75) is 25.4 Å². The van der Waals surface area contributed by atoms with Gasteiger partial charge in [-0.3, -0.25) is 0 Å². The van der Waals surface area contributed by atoms with E-state index in [1.54, 1.807) is 18.5 Å². The number of halogens is 2. The Morgan fingerprint density at radius 2 is 2.28 bits per heavy atom. The number of fused-ring (bicyclic) bond motifs is 1. The predicted molar refractivity (Wildman–Crippen MR) is 71.6 cm³/mol. The number of benzene rings is 1. The predicted octanol–water partition coefficient (Wildman–Crippen LogP) is 2.73. The third-order valence-electron chi connectivity index (χ3n) is 3.31. The number of hydrogen-bond donors (Lipinski definition) is 1. The van der Waals surface area contributed by atoms with Crippen LogP contribution in [0, 0.1) is 5.82 Å². The van der Waals surface area contributed by atoms with E-state index in [4.69, 9.17) is 5.73 Å². The molecule has 18 heavy (non-hydrogen) atoms. The van der Waals surface area contributed by atoms with E-state index in [2.05, 4.69) is 20.9 Å². The maximum Gasteiger partial charge on any atom is 0.132 e. The van der Waals surface area contributed by atoms with Gasteiger partial charge in [0.1, 0.15) is 5.82 Å². The van der Waals surface area contributed by atoms with Crippen molar-refractivity contribution in [2.75, 3.05) is 0 Å². The van der Waals surface area contributed by atoms with Crippen molar-refractivity contribution in [3.05, 3.63) is 40.5 Å². The van der Waals surface area contributed by atoms with Crippen LogP contribution < -0.4 is 5.73 Å². The van der Waals surface area contributed by atoms with Crippen LogP contribution in [0.15, 0.2) is 29.0 Å². The van der Waals surface area contributed by atoms with Crippen LogP contribution in [0.3, 0.4) is 0 Å². The van der Waals surface area contributed by atoms with Crippen LogP contribution in [-0.2, 0) is 13.0 Å². The summed E-state index contributed by atoms with van der Waals surface area (Å²) in [6.07, 6.45) is 3.53. The third kappa shape index (κ3) is 1.97. The maximum atomic E-state index is 13.9. The quantitative estimate of drug-likeness (QED) is 0.880. The maximum absolute atomic E-state index is 13.9. The molecule has 0 bridgehead atoms. The summed E-state index contributed by atoms with van der Waals surface area (Å²) in [5.74, 6) is -0.241. The molecule has 0 saturated heterocycles. The Morgan fingerprint density at radius 1 is 1.44 bits per heavy atom. The van der Waals surface area contributed by atoms with Gasteiger partial charge in [0.25, 0.3) is 0 Å². The summed E-state index contributed by atoms with van der Waals surface area (Å²) in [6.45, 7) is 0.762. The molecular weight excluding hydrogens is 297 g/mol. The summed E-state index contributed by atoms with van der Waals surface area (Å²) in [4.78, 5) is 4.35. The lowest BCUT2D eigenvalue weighted by Gasteiger charge is -2.21. The largest absolute Gasteiger partial charge is 0.332 e. The van der Waals surface area contributed by atoms with E-state index >= 15 is 0 Å². The summed E-state index contributed by atoms with van der Waals surface area (Å²) in [6, 6.07) is 5.09. The zero-order valence-corrected chi connectivity index (χ0v) is 11.3. The Balaban J connectivity index is 2.10. The van der Waals surface area contributed by atoms with Gasteiger partial charge in [0.15, 0.2) is 0 Å². The Hall–Kier alpha value is -1.20. The first-order valence-electron chi connectivity index (χ1n) is 5.90. The molecule has 1 aromatic heterocycles. The number of nitrogens with zero attached hydrogens (tertiary/aromatic N) is 2. The molecule has 0 radical (unpaired) electrons. The topological polar surface area (TPSA) is 43.8 Å². The van der Waals surface area contributed by atoms with Gasteiger partial charge in [-0.2, -0.15) is 0 Å². The molecule has 0 spiro atoms. The molecule has 0 aliphatic carbocycles. The Morgan fingerprint density at radius 3 is 3.11 bits per heavy atom. The molecule has 2 N–H and O–H groups in total. The van der Waals surface area contributed by atoms with E-state index in [1.165, 1.54) is 6.07 Å². The third-order valence-corrected chi connectivity index (χ3v) is 3.81. The highest BCUT2D eigenvalue weighted by Gasteiger charge is 2.21. The van der Waals surface area contributed by atoms with Crippen LogP contribution in [0.2, 0.25) is 0 Å². The zero-order valence-electron chi connectivity index (χ0n) is 9.74. The van der Waals surface area contributed by atoms with Gasteiger partial charge in [-0.1, -0.05) is 15.9 Å². The lowest BCUT2D eigenvalue weighted by molar-refractivity contribution is 0.461. The minimum Gasteiger partial charge on any atom is -0.332 e. The van der Waals surface area contributed by atoms with Crippen molar-refractivity contribution >= 4 is 15.9 Å². The summed E-state index contributed by atoms with van der Waals surface area (Å²) in [5, 5.41) is 0. The highest BCUT2D eigenvalue weighted by molar-refractivity contribution is 9.10. The lowest BCUT2D eigenvalue weighted by Crippen LogP contribution is -2.31. The van der Waals surface area contributed by atoms with Crippen molar-refractivity contribution in [1.82, 2.24) is 9.55 Å². The molecule has 5 heteroatoms. The number of rotatable bonds is 1. The van der Waals surface area contributed by atoms with E-state index < -0.39 is 0 Å². The lowest BCUT2D eigenvalue weighted by atomic mass is 10.0. The first kappa shape index (κ1) is 11.9. The van der Waals surface area contributed by atoms with Crippen LogP contribution in [0.4, 0.5) is 4.39 Å². The van der Waals surface area contributed by atoms with E-state index in [-0.39, 0.29) is 11.9 Å². The second-order valence-electron chi connectivity index (χ2n) is 4.62. The molecule has 1 atom stereocenters. The van der Waals surface area contributed by atoms with E-state index in [1.807, 2.05) is 4.57 Å². The SMILES string of the molecule is NC1CCc2c(-c3cc(Br)ccc3F)ncn2C1. The molecule has 2 heterocycles. The second kappa shape index (κ2) is 4.48. The van der Waals surface area contributed by atoms with Gasteiger partial charge in [-0.15, -0.1) is 0 Å². The van der Waals surface area contributed by atoms with Gasteiger partial charge in [-0.25, -0.2) is 9.37 Å². The molecule has 0 fully saturated rings. The van der Waals surface area contributed by atoms with Gasteiger partial charge in [0.2, 0.25) is 0 Å². The van der Waals surface area contributed by atoms with Crippen LogP contribution in [-0.4, -0.2) is 15.6 Å². The van der Waals surface area contributed by atoms with Crippen molar-refractivity contribution in [2.24, 2.45) is 5.73 Å². The molecular formula is C13H13BrFN3. The normalized spacial score (nSPS) is 18.7. The van der Waals surface area contributed by atoms with Crippen LogP contribution in [0.25, 0.3) is 11.3 Å². The standard InChI is InChI=1S/C13H13BrFN3/c14-8-1-3-11(15)10(5-8)13-12-4-2-9(16)6-18(12)7-17-13/h1,3,5,7,9H,2,4,6,16H2. The van der Waals surface area contributed by atoms with Crippen molar-refractivity contribution in [3.8, 4) is 11.3 Å². The fourth-order valence-corrected chi connectivity index (χ4v) is 2.76. The molecule has 1 aliphatic rings. The molecule has 0 saturated carbocycles. The highest BCUT2D eigenvalue weighted by atomic mass is 79.9. The Kier molecular flexibility index (Phi) is 2.95. The van der Waals surface area contributed by atoms with Crippen LogP contribution in [0.1, 0.15) is 12.1 Å². The first-order chi connectivity index (χ1) is 8.65. The first-order valence-corrected chi connectivity index (χ1v) is 6.69. The fourth-order valence-electron chi connectivity index (χ4n) is 2.40. The molecule has 1 unspecified atom stereocenters. The summed E-state index contributed by atoms with van der Waals surface area (Å²) >= 11 is 3.37. The van der Waals surface area contributed by atoms with E-state index in [9.17, 15) is 4.39 Å². The Bertz CT molecular complexity index is 594. The van der Waals surface area contributed by atoms with Gasteiger partial charge in [-0.05, 0) is 31.0 Å². The van der Waals surface area contributed by atoms with Gasteiger partial charge in [0, 0.05) is 28.3 Å². The number of nitrogens with two attached hydrogens (primary N) is 1. The summed E-state index contributed by atoms with van der Waals surface area (Å²) < 4.78 is 16.8. The van der Waals surface area contributed by atoms with Crippen molar-refractivity contribution in [1.29, 1.82) is 0 Å². The number of aromatic nitrogens is 2. The van der Waals surface area contributed by atoms with Crippen LogP contribution >= 0.6 is 15.9 Å². The van der Waals surface area contributed by atoms with Crippen molar-refractivity contribution < 1.29 is 4.39 Å². The summed E-state index contributed by atoms with van der Waals surface area (Å²) in [7, 11) is 0. The summed E-state index contributed by atoms with van der Waals surface area (Å²) in [5.41, 5.74) is 8.29. The smallest absolute Gasteiger partial charge is 0.132 e. The molecule has 94 valence electrons. The van der Waals surface area contributed by atoms with Gasteiger partial charge >= 0.3 is 0 Å². The molecule has 2 aromatic rings. The average molecular weight is 310 g/mol. The highest BCUT2D eigenvalue weighted by Crippen LogP contribution is 2.30. The zero-order chi connectivity index (χ0) is 12.7. The monoisotopic (exact) mass is 309 g/mol. The van der Waals surface area contributed by atoms with Crippen LogP contribution in [0.5, 0.6) is 0 Å². The minimum absolute atomic E-state index is 0.173. The Labute approximate surface area is 113 Å². The molecule has 3 rings (SSSR count). The van der Waals surface area contributed by atoms with Gasteiger partial charge < -0.3 is 10.3 Å². The molecule has 1 aliphatic heterocycles. The number of imidazole rings is 1. The van der Waals surface area contributed by atoms with Gasteiger partial charge in [0.05, 0.1) is 12.0 Å². The fraction of sp³-hybridized carbons (Fsp3) is 0.308. The second-order valence-corrected chi connectivity index (χ2v) is 5.53. The molecule has 3 nitrogen and oxygen atoms in total. The molecule has 0 amide bonds. The van der Waals surface area contributed by atoms with E-state index in [0.29, 0.717) is 5.56 Å². The van der Waals surface area contributed by atoms with E-state index in [0.717, 1.165) is 35.2 Å².